The molecule has 1 heterocycles. The van der Waals surface area contributed by atoms with Crippen LogP contribution in [-0.2, 0) is 4.79 Å². The van der Waals surface area contributed by atoms with Crippen LogP contribution in [0.5, 0.6) is 0 Å². The minimum Gasteiger partial charge on any atom is -0.382 e. The van der Waals surface area contributed by atoms with E-state index in [4.69, 9.17) is 5.73 Å². The molecule has 6 nitrogen and oxygen atoms in total. The summed E-state index contributed by atoms with van der Waals surface area (Å²) in [7, 11) is 1.76. The van der Waals surface area contributed by atoms with Gasteiger partial charge >= 0.3 is 0 Å². The average molecular weight is 440 g/mol. The number of carbonyl (C=O) groups excluding carboxylic acids is 1. The predicted octanol–water partition coefficient (Wildman–Crippen LogP) is 5.59. The number of amides is 1. The fourth-order valence-corrected chi connectivity index (χ4v) is 6.20. The van der Waals surface area contributed by atoms with Crippen LogP contribution in [0.1, 0.15) is 73.1 Å². The van der Waals surface area contributed by atoms with Gasteiger partial charge in [-0.1, -0.05) is 44.1 Å². The van der Waals surface area contributed by atoms with Gasteiger partial charge in [0.15, 0.2) is 11.6 Å². The molecule has 0 saturated heterocycles. The first-order valence-corrected chi connectivity index (χ1v) is 12.0. The van der Waals surface area contributed by atoms with Crippen molar-refractivity contribution in [1.82, 2.24) is 9.97 Å². The number of hydrogen-bond donors (Lipinski definition) is 2. The summed E-state index contributed by atoms with van der Waals surface area (Å²) >= 11 is 0. The number of nitrogens with two attached hydrogens (primary N) is 1. The molecule has 0 spiro atoms. The van der Waals surface area contributed by atoms with E-state index in [9.17, 15) is 4.79 Å². The maximum absolute atomic E-state index is 11.8. The Kier molecular flexibility index (Phi) is 7.31. The number of nitrogens with one attached hydrogen (secondary N) is 1. The molecule has 0 bridgehead atoms. The summed E-state index contributed by atoms with van der Waals surface area (Å²) in [6, 6.07) is 0. The average Bonchev–Trinajstić information content (AvgIpc) is 2.78. The van der Waals surface area contributed by atoms with Crippen LogP contribution in [0.4, 0.5) is 17.3 Å². The SMILES string of the molecule is CNc1ncnc(N)c1N(C=O)C/C=C(/C)CCC1(C)C(C)CCC2(C)C(C)=CCCC21. The molecule has 4 unspecified atom stereocenters. The second-order valence-corrected chi connectivity index (χ2v) is 10.4. The summed E-state index contributed by atoms with van der Waals surface area (Å²) in [5, 5.41) is 2.99. The molecule has 0 aliphatic heterocycles. The zero-order valence-electron chi connectivity index (χ0n) is 20.7. The van der Waals surface area contributed by atoms with Crippen molar-refractivity contribution < 1.29 is 4.79 Å². The molecule has 1 aromatic heterocycles. The molecule has 1 saturated carbocycles. The normalized spacial score (nSPS) is 30.3. The van der Waals surface area contributed by atoms with Crippen LogP contribution in [0.25, 0.3) is 0 Å². The Morgan fingerprint density at radius 2 is 2.09 bits per heavy atom. The molecule has 1 aromatic rings. The topological polar surface area (TPSA) is 84.1 Å². The van der Waals surface area contributed by atoms with Crippen molar-refractivity contribution in [2.45, 2.75) is 73.1 Å². The van der Waals surface area contributed by atoms with Crippen molar-refractivity contribution in [1.29, 1.82) is 0 Å². The van der Waals surface area contributed by atoms with Crippen LogP contribution in [0.2, 0.25) is 0 Å². The summed E-state index contributed by atoms with van der Waals surface area (Å²) in [6.07, 6.45) is 14.2. The van der Waals surface area contributed by atoms with E-state index in [1.165, 1.54) is 44.0 Å². The minimum absolute atomic E-state index is 0.297. The Hall–Kier alpha value is -2.37. The highest BCUT2D eigenvalue weighted by Crippen LogP contribution is 2.61. The second kappa shape index (κ2) is 9.63. The van der Waals surface area contributed by atoms with Gasteiger partial charge in [0.2, 0.25) is 6.41 Å². The van der Waals surface area contributed by atoms with Crippen LogP contribution < -0.4 is 16.0 Å². The van der Waals surface area contributed by atoms with Crippen LogP contribution in [0.15, 0.2) is 29.6 Å². The predicted molar refractivity (Wildman–Crippen MR) is 133 cm³/mol. The Labute approximate surface area is 193 Å². The van der Waals surface area contributed by atoms with Gasteiger partial charge in [0.25, 0.3) is 0 Å². The highest BCUT2D eigenvalue weighted by molar-refractivity contribution is 5.88. The van der Waals surface area contributed by atoms with Gasteiger partial charge in [-0.15, -0.1) is 0 Å². The third kappa shape index (κ3) is 4.41. The van der Waals surface area contributed by atoms with E-state index in [1.54, 1.807) is 17.5 Å². The minimum atomic E-state index is 0.297. The van der Waals surface area contributed by atoms with Gasteiger partial charge in [-0.25, -0.2) is 9.97 Å². The summed E-state index contributed by atoms with van der Waals surface area (Å²) in [4.78, 5) is 21.6. The lowest BCUT2D eigenvalue weighted by molar-refractivity contribution is -0.107. The van der Waals surface area contributed by atoms with Crippen LogP contribution >= 0.6 is 0 Å². The van der Waals surface area contributed by atoms with Gasteiger partial charge < -0.3 is 16.0 Å². The third-order valence-electron chi connectivity index (χ3n) is 8.79. The molecule has 176 valence electrons. The summed E-state index contributed by atoms with van der Waals surface area (Å²) in [6.45, 7) is 12.5. The van der Waals surface area contributed by atoms with Crippen molar-refractivity contribution in [2.24, 2.45) is 22.7 Å². The van der Waals surface area contributed by atoms with Crippen molar-refractivity contribution in [3.8, 4) is 0 Å². The number of nitrogens with zero attached hydrogens (tertiary/aromatic N) is 3. The second-order valence-electron chi connectivity index (χ2n) is 10.4. The fraction of sp³-hybridized carbons (Fsp3) is 0.654. The molecular weight excluding hydrogens is 398 g/mol. The Morgan fingerprint density at radius 1 is 1.34 bits per heavy atom. The van der Waals surface area contributed by atoms with Gasteiger partial charge in [0, 0.05) is 13.6 Å². The van der Waals surface area contributed by atoms with E-state index in [1.807, 2.05) is 0 Å². The summed E-state index contributed by atoms with van der Waals surface area (Å²) in [5.74, 6) is 2.32. The molecule has 0 aromatic carbocycles. The largest absolute Gasteiger partial charge is 0.382 e. The van der Waals surface area contributed by atoms with Crippen LogP contribution in [-0.4, -0.2) is 30.0 Å². The zero-order chi connectivity index (χ0) is 23.5. The number of rotatable bonds is 8. The van der Waals surface area contributed by atoms with Crippen LogP contribution in [0.3, 0.4) is 0 Å². The lowest BCUT2D eigenvalue weighted by atomic mass is 9.47. The molecule has 1 amide bonds. The number of anilines is 3. The van der Waals surface area contributed by atoms with Crippen molar-refractivity contribution in [3.63, 3.8) is 0 Å². The van der Waals surface area contributed by atoms with Crippen molar-refractivity contribution in [2.75, 3.05) is 29.5 Å². The number of hydrogen-bond acceptors (Lipinski definition) is 5. The molecule has 3 rings (SSSR count). The third-order valence-corrected chi connectivity index (χ3v) is 8.79. The zero-order valence-corrected chi connectivity index (χ0v) is 20.7. The number of fused-ring (bicyclic) bond motifs is 1. The molecule has 0 radical (unpaired) electrons. The van der Waals surface area contributed by atoms with Gasteiger partial charge in [0.1, 0.15) is 12.0 Å². The number of allylic oxidation sites excluding steroid dienone is 3. The standard InChI is InChI=1S/C26H41N5O/c1-18(12-15-31(17-32)22-23(27)29-16-30-24(22)28-6)10-13-25(4)20(3)11-14-26(5)19(2)8-7-9-21(25)26/h8,12,16-17,20-21H,7,9-11,13-15H2,1-6H3,(H3,27,28,29,30)/b18-12-. The molecular formula is C26H41N5O. The monoisotopic (exact) mass is 439 g/mol. The fourth-order valence-electron chi connectivity index (χ4n) is 6.20. The van der Waals surface area contributed by atoms with E-state index < -0.39 is 0 Å². The Morgan fingerprint density at radius 3 is 2.78 bits per heavy atom. The molecule has 6 heteroatoms. The highest BCUT2D eigenvalue weighted by atomic mass is 16.1. The molecule has 2 aliphatic carbocycles. The number of carbonyl (C=O) groups is 1. The smallest absolute Gasteiger partial charge is 0.214 e. The highest BCUT2D eigenvalue weighted by Gasteiger charge is 2.52. The van der Waals surface area contributed by atoms with Crippen LogP contribution in [0, 0.1) is 22.7 Å². The van der Waals surface area contributed by atoms with Gasteiger partial charge in [-0.3, -0.25) is 4.79 Å². The van der Waals surface area contributed by atoms with Crippen molar-refractivity contribution in [3.05, 3.63) is 29.6 Å². The van der Waals surface area contributed by atoms with E-state index in [-0.39, 0.29) is 0 Å². The molecule has 4 atom stereocenters. The lowest BCUT2D eigenvalue weighted by Gasteiger charge is -2.58. The Bertz CT molecular complexity index is 894. The first-order valence-electron chi connectivity index (χ1n) is 12.0. The first-order chi connectivity index (χ1) is 15.2. The quantitative estimate of drug-likeness (QED) is 0.407. The lowest BCUT2D eigenvalue weighted by Crippen LogP contribution is -2.49. The molecule has 3 N–H and O–H groups in total. The van der Waals surface area contributed by atoms with E-state index in [0.29, 0.717) is 34.7 Å². The first kappa shape index (κ1) is 24.3. The maximum Gasteiger partial charge on any atom is 0.214 e. The molecule has 1 fully saturated rings. The van der Waals surface area contributed by atoms with Gasteiger partial charge in [0.05, 0.1) is 0 Å². The van der Waals surface area contributed by atoms with E-state index in [0.717, 1.165) is 24.7 Å². The molecule has 32 heavy (non-hydrogen) atoms. The van der Waals surface area contributed by atoms with Gasteiger partial charge in [-0.05, 0) is 75.0 Å². The number of nitrogen functional groups attached to an aromatic ring is 1. The van der Waals surface area contributed by atoms with Gasteiger partial charge in [-0.2, -0.15) is 0 Å². The summed E-state index contributed by atoms with van der Waals surface area (Å²) in [5.41, 5.74) is 10.2. The maximum atomic E-state index is 11.8. The number of aromatic nitrogens is 2. The Balaban J connectivity index is 1.72. The van der Waals surface area contributed by atoms with E-state index >= 15 is 0 Å². The van der Waals surface area contributed by atoms with E-state index in [2.05, 4.69) is 62.1 Å². The summed E-state index contributed by atoms with van der Waals surface area (Å²) < 4.78 is 0. The van der Waals surface area contributed by atoms with Crippen molar-refractivity contribution >= 4 is 23.7 Å². The molecule has 2 aliphatic rings.